The highest BCUT2D eigenvalue weighted by atomic mass is 19.1. The van der Waals surface area contributed by atoms with E-state index in [9.17, 15) is 0 Å². The Labute approximate surface area is 219 Å². The summed E-state index contributed by atoms with van der Waals surface area (Å²) in [5.74, 6) is 3.41. The molecule has 0 bridgehead atoms. The fraction of sp³-hybridized carbons (Fsp3) is 0.543. The van der Waals surface area contributed by atoms with E-state index < -0.39 is 0 Å². The van der Waals surface area contributed by atoms with Crippen molar-refractivity contribution in [2.75, 3.05) is 0 Å². The number of halogens is 1. The summed E-state index contributed by atoms with van der Waals surface area (Å²) in [7, 11) is 0. The lowest BCUT2D eigenvalue weighted by molar-refractivity contribution is 0.308. The number of rotatable bonds is 7. The van der Waals surface area contributed by atoms with Crippen LogP contribution in [0, 0.1) is 17.7 Å². The van der Waals surface area contributed by atoms with Gasteiger partial charge in [-0.1, -0.05) is 68.3 Å². The lowest BCUT2D eigenvalue weighted by Gasteiger charge is -2.29. The summed E-state index contributed by atoms with van der Waals surface area (Å²) in [5.41, 5.74) is 6.21. The standard InChI is InChI=1S/C35H45F/c1-3-5-26-8-12-27(13-9-26)28-14-16-29(17-15-28)30-18-20-32(21-19-30)34-23-22-33(24-35(34)36)31-10-6-25(4-2)7-11-31/h4,14-17,20,22-27,30-31H,2-3,5-13,18-19,21H2,1H3. The van der Waals surface area contributed by atoms with E-state index in [2.05, 4.69) is 62.1 Å². The molecule has 1 heteroatoms. The van der Waals surface area contributed by atoms with Gasteiger partial charge in [0.05, 0.1) is 0 Å². The summed E-state index contributed by atoms with van der Waals surface area (Å²) >= 11 is 0. The van der Waals surface area contributed by atoms with Gasteiger partial charge in [0, 0.05) is 5.56 Å². The number of hydrogen-bond acceptors (Lipinski definition) is 0. The molecule has 2 aromatic carbocycles. The van der Waals surface area contributed by atoms with Gasteiger partial charge in [0.15, 0.2) is 0 Å². The molecule has 3 aliphatic carbocycles. The van der Waals surface area contributed by atoms with Gasteiger partial charge in [-0.3, -0.25) is 0 Å². The first-order chi connectivity index (χ1) is 17.6. The zero-order valence-electron chi connectivity index (χ0n) is 22.4. The first-order valence-electron chi connectivity index (χ1n) is 14.9. The molecule has 2 fully saturated rings. The van der Waals surface area contributed by atoms with E-state index in [1.165, 1.54) is 68.1 Å². The molecule has 1 atom stereocenters. The maximum Gasteiger partial charge on any atom is 0.130 e. The summed E-state index contributed by atoms with van der Waals surface area (Å²) < 4.78 is 15.2. The summed E-state index contributed by atoms with van der Waals surface area (Å²) in [6, 6.07) is 15.6. The van der Waals surface area contributed by atoms with Gasteiger partial charge < -0.3 is 0 Å². The Hall–Kier alpha value is -2.15. The maximum atomic E-state index is 15.2. The molecule has 0 nitrogen and oxygen atoms in total. The van der Waals surface area contributed by atoms with Crippen molar-refractivity contribution in [1.82, 2.24) is 0 Å². The van der Waals surface area contributed by atoms with Crippen molar-refractivity contribution in [1.29, 1.82) is 0 Å². The normalized spacial score (nSPS) is 28.9. The van der Waals surface area contributed by atoms with Crippen LogP contribution in [-0.2, 0) is 0 Å². The third kappa shape index (κ3) is 5.87. The van der Waals surface area contributed by atoms with E-state index in [4.69, 9.17) is 0 Å². The highest BCUT2D eigenvalue weighted by molar-refractivity contribution is 5.67. The van der Waals surface area contributed by atoms with Crippen LogP contribution in [0.2, 0.25) is 0 Å². The molecular weight excluding hydrogens is 439 g/mol. The average Bonchev–Trinajstić information content (AvgIpc) is 2.94. The lowest BCUT2D eigenvalue weighted by Crippen LogP contribution is -2.13. The SMILES string of the molecule is C=CC1CCC(c2ccc(C3=CCC(c4ccc(C5CCC(CCC)CC5)cc4)CC3)c(F)c2)CC1. The molecule has 3 aliphatic rings. The van der Waals surface area contributed by atoms with Crippen molar-refractivity contribution in [3.8, 4) is 0 Å². The Morgan fingerprint density at radius 1 is 0.778 bits per heavy atom. The molecule has 0 radical (unpaired) electrons. The second-order valence-corrected chi connectivity index (χ2v) is 12.0. The Kier molecular flexibility index (Phi) is 8.45. The fourth-order valence-electron chi connectivity index (χ4n) is 7.35. The smallest absolute Gasteiger partial charge is 0.130 e. The largest absolute Gasteiger partial charge is 0.206 e. The van der Waals surface area contributed by atoms with E-state index in [0.717, 1.165) is 49.5 Å². The minimum Gasteiger partial charge on any atom is -0.206 e. The predicted octanol–water partition coefficient (Wildman–Crippen LogP) is 10.7. The van der Waals surface area contributed by atoms with Gasteiger partial charge in [0.1, 0.15) is 5.82 Å². The minimum absolute atomic E-state index is 0.0268. The monoisotopic (exact) mass is 484 g/mol. The van der Waals surface area contributed by atoms with Gasteiger partial charge in [-0.2, -0.15) is 0 Å². The third-order valence-electron chi connectivity index (χ3n) is 9.75. The molecule has 1 unspecified atom stereocenters. The van der Waals surface area contributed by atoms with Crippen molar-refractivity contribution in [2.45, 2.75) is 108 Å². The molecule has 0 aromatic heterocycles. The van der Waals surface area contributed by atoms with Crippen LogP contribution >= 0.6 is 0 Å². The van der Waals surface area contributed by atoms with Gasteiger partial charge in [0.25, 0.3) is 0 Å². The Balaban J connectivity index is 1.18. The van der Waals surface area contributed by atoms with Crippen molar-refractivity contribution in [2.24, 2.45) is 11.8 Å². The van der Waals surface area contributed by atoms with Gasteiger partial charge in [0.2, 0.25) is 0 Å². The highest BCUT2D eigenvalue weighted by Gasteiger charge is 2.24. The van der Waals surface area contributed by atoms with Gasteiger partial charge in [-0.05, 0) is 129 Å². The van der Waals surface area contributed by atoms with Crippen LogP contribution < -0.4 is 0 Å². The van der Waals surface area contributed by atoms with Gasteiger partial charge >= 0.3 is 0 Å². The maximum absolute atomic E-state index is 15.2. The summed E-state index contributed by atoms with van der Waals surface area (Å²) in [4.78, 5) is 0. The molecular formula is C35H45F. The van der Waals surface area contributed by atoms with Crippen LogP contribution in [0.25, 0.3) is 5.57 Å². The average molecular weight is 485 g/mol. The molecule has 0 amide bonds. The van der Waals surface area contributed by atoms with E-state index in [1.54, 1.807) is 5.56 Å². The Morgan fingerprint density at radius 2 is 1.39 bits per heavy atom. The molecule has 0 saturated heterocycles. The van der Waals surface area contributed by atoms with Crippen LogP contribution in [0.5, 0.6) is 0 Å². The van der Waals surface area contributed by atoms with Crippen molar-refractivity contribution < 1.29 is 4.39 Å². The van der Waals surface area contributed by atoms with Crippen molar-refractivity contribution in [3.05, 3.63) is 89.3 Å². The molecule has 0 aliphatic heterocycles. The van der Waals surface area contributed by atoms with Crippen molar-refractivity contribution in [3.63, 3.8) is 0 Å². The van der Waals surface area contributed by atoms with Crippen LogP contribution in [0.15, 0.2) is 61.2 Å². The molecule has 5 rings (SSSR count). The third-order valence-corrected chi connectivity index (χ3v) is 9.75. The van der Waals surface area contributed by atoms with Crippen LogP contribution in [-0.4, -0.2) is 0 Å². The van der Waals surface area contributed by atoms with Gasteiger partial charge in [-0.25, -0.2) is 4.39 Å². The zero-order valence-corrected chi connectivity index (χ0v) is 22.4. The molecule has 2 aromatic rings. The first kappa shape index (κ1) is 25.5. The van der Waals surface area contributed by atoms with E-state index in [0.29, 0.717) is 17.8 Å². The van der Waals surface area contributed by atoms with E-state index in [1.807, 2.05) is 6.07 Å². The first-order valence-corrected chi connectivity index (χ1v) is 14.9. The minimum atomic E-state index is -0.0268. The lowest BCUT2D eigenvalue weighted by atomic mass is 9.76. The highest BCUT2D eigenvalue weighted by Crippen LogP contribution is 2.41. The Morgan fingerprint density at radius 3 is 1.97 bits per heavy atom. The zero-order chi connectivity index (χ0) is 24.9. The summed E-state index contributed by atoms with van der Waals surface area (Å²) in [5, 5.41) is 0. The number of benzene rings is 2. The molecule has 0 spiro atoms. The van der Waals surface area contributed by atoms with Crippen LogP contribution in [0.4, 0.5) is 4.39 Å². The van der Waals surface area contributed by atoms with E-state index in [-0.39, 0.29) is 5.82 Å². The second-order valence-electron chi connectivity index (χ2n) is 12.0. The Bertz CT molecular complexity index is 1030. The van der Waals surface area contributed by atoms with Crippen molar-refractivity contribution >= 4 is 5.57 Å². The quantitative estimate of drug-likeness (QED) is 0.343. The predicted molar refractivity (Wildman–Crippen MR) is 152 cm³/mol. The van der Waals surface area contributed by atoms with Crippen LogP contribution in [0.1, 0.15) is 130 Å². The summed E-state index contributed by atoms with van der Waals surface area (Å²) in [6.07, 6.45) is 20.5. The second kappa shape index (κ2) is 11.9. The van der Waals surface area contributed by atoms with E-state index >= 15 is 4.39 Å². The molecule has 2 saturated carbocycles. The molecule has 192 valence electrons. The molecule has 36 heavy (non-hydrogen) atoms. The number of allylic oxidation sites excluding steroid dienone is 3. The topological polar surface area (TPSA) is 0 Å². The number of hydrogen-bond donors (Lipinski definition) is 0. The molecule has 0 N–H and O–H groups in total. The van der Waals surface area contributed by atoms with Crippen LogP contribution in [0.3, 0.4) is 0 Å². The fourth-order valence-corrected chi connectivity index (χ4v) is 7.35. The summed E-state index contributed by atoms with van der Waals surface area (Å²) in [6.45, 7) is 6.27. The molecule has 0 heterocycles. The van der Waals surface area contributed by atoms with Gasteiger partial charge in [-0.15, -0.1) is 6.58 Å².